The van der Waals surface area contributed by atoms with E-state index >= 15 is 0 Å². The quantitative estimate of drug-likeness (QED) is 0.487. The highest BCUT2D eigenvalue weighted by molar-refractivity contribution is 7.80. The Balaban J connectivity index is 2.10. The van der Waals surface area contributed by atoms with E-state index in [2.05, 4.69) is 22.7 Å². The Morgan fingerprint density at radius 2 is 2.00 bits per heavy atom. The number of nitrogens with zero attached hydrogens (tertiary/aromatic N) is 1. The lowest BCUT2D eigenvalue weighted by molar-refractivity contribution is 0.284. The highest BCUT2D eigenvalue weighted by Gasteiger charge is 2.05. The van der Waals surface area contributed by atoms with Crippen LogP contribution in [0.3, 0.4) is 0 Å². The van der Waals surface area contributed by atoms with Gasteiger partial charge >= 0.3 is 0 Å². The maximum absolute atomic E-state index is 5.82. The second-order valence-corrected chi connectivity index (χ2v) is 4.86. The number of nitrogens with one attached hydrogen (secondary N) is 1. The maximum atomic E-state index is 5.82. The van der Waals surface area contributed by atoms with Crippen molar-refractivity contribution in [3.05, 3.63) is 59.7 Å². The number of thiocarbonyl (C=S) groups is 1. The molecule has 0 aliphatic rings. The van der Waals surface area contributed by atoms with E-state index in [0.29, 0.717) is 18.1 Å². The van der Waals surface area contributed by atoms with Crippen molar-refractivity contribution >= 4 is 23.5 Å². The minimum atomic E-state index is 0.116. The number of ether oxygens (including phenoxy) is 2. The summed E-state index contributed by atoms with van der Waals surface area (Å²) in [4.78, 5) is 0. The molecular weight excluding hydrogens is 298 g/mol. The van der Waals surface area contributed by atoms with Crippen molar-refractivity contribution < 1.29 is 9.47 Å². The van der Waals surface area contributed by atoms with Crippen molar-refractivity contribution in [1.82, 2.24) is 5.43 Å². The predicted molar refractivity (Wildman–Crippen MR) is 91.3 cm³/mol. The minimum absolute atomic E-state index is 0.116. The molecule has 0 bridgehead atoms. The Morgan fingerprint density at radius 3 is 2.68 bits per heavy atom. The summed E-state index contributed by atoms with van der Waals surface area (Å²) in [6.45, 7) is 0.461. The SMILES string of the molecule is COc1ccc(/C=N/NC(N)=S)cc1OCc1ccccc1. The van der Waals surface area contributed by atoms with Crippen LogP contribution in [0.1, 0.15) is 11.1 Å². The molecule has 0 aliphatic carbocycles. The van der Waals surface area contributed by atoms with Crippen LogP contribution in [-0.4, -0.2) is 18.4 Å². The fourth-order valence-corrected chi connectivity index (χ4v) is 1.84. The van der Waals surface area contributed by atoms with E-state index in [0.717, 1.165) is 11.1 Å². The summed E-state index contributed by atoms with van der Waals surface area (Å²) in [5.41, 5.74) is 9.74. The van der Waals surface area contributed by atoms with Gasteiger partial charge in [-0.05, 0) is 41.5 Å². The molecule has 0 saturated heterocycles. The molecular formula is C16H17N3O2S. The molecule has 0 fully saturated rings. The molecule has 22 heavy (non-hydrogen) atoms. The van der Waals surface area contributed by atoms with Gasteiger partial charge in [0.25, 0.3) is 0 Å². The van der Waals surface area contributed by atoms with Gasteiger partial charge in [0.2, 0.25) is 0 Å². The Morgan fingerprint density at radius 1 is 1.23 bits per heavy atom. The summed E-state index contributed by atoms with van der Waals surface area (Å²) in [5.74, 6) is 1.31. The molecule has 5 nitrogen and oxygen atoms in total. The number of hydrazone groups is 1. The van der Waals surface area contributed by atoms with Crippen molar-refractivity contribution in [2.75, 3.05) is 7.11 Å². The Labute approximate surface area is 134 Å². The topological polar surface area (TPSA) is 68.9 Å². The van der Waals surface area contributed by atoms with Crippen LogP contribution in [0.25, 0.3) is 0 Å². The van der Waals surface area contributed by atoms with E-state index in [4.69, 9.17) is 15.2 Å². The molecule has 0 aromatic heterocycles. The molecule has 2 aromatic carbocycles. The lowest BCUT2D eigenvalue weighted by Crippen LogP contribution is -2.23. The lowest BCUT2D eigenvalue weighted by atomic mass is 10.2. The highest BCUT2D eigenvalue weighted by Crippen LogP contribution is 2.28. The van der Waals surface area contributed by atoms with Gasteiger partial charge < -0.3 is 15.2 Å². The third kappa shape index (κ3) is 4.75. The summed E-state index contributed by atoms with van der Waals surface area (Å²) in [5, 5.41) is 4.03. The number of hydrogen-bond donors (Lipinski definition) is 2. The molecule has 0 aliphatic heterocycles. The summed E-state index contributed by atoms with van der Waals surface area (Å²) in [6, 6.07) is 15.4. The van der Waals surface area contributed by atoms with Gasteiger partial charge in [0.1, 0.15) is 6.61 Å². The van der Waals surface area contributed by atoms with Crippen LogP contribution >= 0.6 is 12.2 Å². The van der Waals surface area contributed by atoms with Gasteiger partial charge in [-0.15, -0.1) is 0 Å². The number of hydrogen-bond acceptors (Lipinski definition) is 4. The van der Waals surface area contributed by atoms with Crippen molar-refractivity contribution in [2.24, 2.45) is 10.8 Å². The van der Waals surface area contributed by atoms with Gasteiger partial charge in [0.05, 0.1) is 13.3 Å². The first kappa shape index (κ1) is 15.8. The van der Waals surface area contributed by atoms with E-state index in [9.17, 15) is 0 Å². The summed E-state index contributed by atoms with van der Waals surface area (Å²) >= 11 is 4.68. The summed E-state index contributed by atoms with van der Waals surface area (Å²) in [7, 11) is 1.60. The molecule has 6 heteroatoms. The Kier molecular flexibility index (Phi) is 5.73. The van der Waals surface area contributed by atoms with Crippen LogP contribution < -0.4 is 20.6 Å². The monoisotopic (exact) mass is 315 g/mol. The molecule has 0 heterocycles. The zero-order chi connectivity index (χ0) is 15.8. The Hall–Kier alpha value is -2.60. The zero-order valence-electron chi connectivity index (χ0n) is 12.2. The van der Waals surface area contributed by atoms with E-state index < -0.39 is 0 Å². The van der Waals surface area contributed by atoms with Crippen LogP contribution in [0.2, 0.25) is 0 Å². The number of benzene rings is 2. The standard InChI is InChI=1S/C16H17N3O2S/c1-20-14-8-7-13(10-18-19-16(17)22)9-15(14)21-11-12-5-3-2-4-6-12/h2-10H,11H2,1H3,(H3,17,19,22)/b18-10+. The van der Waals surface area contributed by atoms with Crippen molar-refractivity contribution in [3.63, 3.8) is 0 Å². The summed E-state index contributed by atoms with van der Waals surface area (Å²) in [6.07, 6.45) is 1.61. The molecule has 0 unspecified atom stereocenters. The Bertz CT molecular complexity index is 660. The average Bonchev–Trinajstić information content (AvgIpc) is 2.54. The largest absolute Gasteiger partial charge is 0.493 e. The highest BCUT2D eigenvalue weighted by atomic mass is 32.1. The van der Waals surface area contributed by atoms with Crippen LogP contribution in [0, 0.1) is 0 Å². The van der Waals surface area contributed by atoms with Gasteiger partial charge in [-0.1, -0.05) is 30.3 Å². The molecule has 0 radical (unpaired) electrons. The first-order chi connectivity index (χ1) is 10.7. The van der Waals surface area contributed by atoms with Crippen molar-refractivity contribution in [1.29, 1.82) is 0 Å². The first-order valence-electron chi connectivity index (χ1n) is 6.62. The van der Waals surface area contributed by atoms with Gasteiger partial charge in [0, 0.05) is 0 Å². The molecule has 114 valence electrons. The predicted octanol–water partition coefficient (Wildman–Crippen LogP) is 2.44. The van der Waals surface area contributed by atoms with Crippen LogP contribution in [0.4, 0.5) is 0 Å². The smallest absolute Gasteiger partial charge is 0.184 e. The fourth-order valence-electron chi connectivity index (χ4n) is 1.79. The van der Waals surface area contributed by atoms with E-state index in [1.807, 2.05) is 48.5 Å². The molecule has 0 spiro atoms. The number of methoxy groups -OCH3 is 1. The molecule has 3 N–H and O–H groups in total. The van der Waals surface area contributed by atoms with Crippen molar-refractivity contribution in [2.45, 2.75) is 6.61 Å². The average molecular weight is 315 g/mol. The molecule has 2 rings (SSSR count). The molecule has 0 atom stereocenters. The molecule has 0 saturated carbocycles. The summed E-state index contributed by atoms with van der Waals surface area (Å²) < 4.78 is 11.1. The van der Waals surface area contributed by atoms with E-state index in [1.165, 1.54) is 0 Å². The van der Waals surface area contributed by atoms with Gasteiger partial charge in [-0.3, -0.25) is 5.43 Å². The second-order valence-electron chi connectivity index (χ2n) is 4.42. The van der Waals surface area contributed by atoms with Crippen LogP contribution in [0.15, 0.2) is 53.6 Å². The fraction of sp³-hybridized carbons (Fsp3) is 0.125. The van der Waals surface area contributed by atoms with Crippen LogP contribution in [-0.2, 0) is 6.61 Å². The van der Waals surface area contributed by atoms with Gasteiger partial charge in [0.15, 0.2) is 16.6 Å². The van der Waals surface area contributed by atoms with E-state index in [-0.39, 0.29) is 5.11 Å². The van der Waals surface area contributed by atoms with Gasteiger partial charge in [-0.2, -0.15) is 5.10 Å². The third-order valence-electron chi connectivity index (χ3n) is 2.81. The second kappa shape index (κ2) is 7.99. The van der Waals surface area contributed by atoms with E-state index in [1.54, 1.807) is 13.3 Å². The zero-order valence-corrected chi connectivity index (χ0v) is 13.0. The number of rotatable bonds is 6. The first-order valence-corrected chi connectivity index (χ1v) is 7.03. The van der Waals surface area contributed by atoms with Gasteiger partial charge in [-0.25, -0.2) is 0 Å². The lowest BCUT2D eigenvalue weighted by Gasteiger charge is -2.11. The third-order valence-corrected chi connectivity index (χ3v) is 2.90. The number of nitrogens with two attached hydrogens (primary N) is 1. The van der Waals surface area contributed by atoms with Crippen molar-refractivity contribution in [3.8, 4) is 11.5 Å². The molecule has 0 amide bonds. The molecule has 2 aromatic rings. The minimum Gasteiger partial charge on any atom is -0.493 e. The van der Waals surface area contributed by atoms with Crippen LogP contribution in [0.5, 0.6) is 11.5 Å². The normalized spacial score (nSPS) is 10.4. The maximum Gasteiger partial charge on any atom is 0.184 e.